The third-order valence-electron chi connectivity index (χ3n) is 7.23. The number of carbonyl (C=O) groups is 3. The number of carbonyl (C=O) groups excluding carboxylic acids is 3. The second kappa shape index (κ2) is 15.2. The molecular formula is C34H43N3O5. The average molecular weight is 574 g/mol. The Morgan fingerprint density at radius 2 is 1.52 bits per heavy atom. The van der Waals surface area contributed by atoms with Gasteiger partial charge < -0.3 is 15.4 Å². The molecule has 0 aliphatic rings. The molecule has 0 heterocycles. The lowest BCUT2D eigenvalue weighted by Crippen LogP contribution is -2.55. The van der Waals surface area contributed by atoms with E-state index in [1.807, 2.05) is 107 Å². The summed E-state index contributed by atoms with van der Waals surface area (Å²) in [5, 5.41) is 15.0. The van der Waals surface area contributed by atoms with Crippen molar-refractivity contribution in [1.29, 1.82) is 0 Å². The van der Waals surface area contributed by atoms with Crippen molar-refractivity contribution >= 4 is 17.7 Å². The molecular weight excluding hydrogens is 530 g/mol. The number of benzene rings is 3. The summed E-state index contributed by atoms with van der Waals surface area (Å²) >= 11 is 0. The van der Waals surface area contributed by atoms with Crippen LogP contribution in [0.3, 0.4) is 0 Å². The van der Waals surface area contributed by atoms with Gasteiger partial charge in [0.2, 0.25) is 17.7 Å². The maximum atomic E-state index is 13.5. The fourth-order valence-corrected chi connectivity index (χ4v) is 4.80. The smallest absolute Gasteiger partial charge is 0.244 e. The fourth-order valence-electron chi connectivity index (χ4n) is 4.80. The minimum Gasteiger partial charge on any atom is -0.457 e. The molecule has 0 spiro atoms. The number of nitrogens with one attached hydrogen (secondary N) is 3. The summed E-state index contributed by atoms with van der Waals surface area (Å²) in [6.45, 7) is 9.53. The Hall–Kier alpha value is -4.17. The highest BCUT2D eigenvalue weighted by Crippen LogP contribution is 2.27. The van der Waals surface area contributed by atoms with E-state index in [2.05, 4.69) is 16.7 Å². The Morgan fingerprint density at radius 1 is 0.881 bits per heavy atom. The van der Waals surface area contributed by atoms with Crippen LogP contribution in [0.15, 0.2) is 78.9 Å². The summed E-state index contributed by atoms with van der Waals surface area (Å²) in [5.41, 5.74) is 4.08. The number of aryl methyl sites for hydroxylation is 2. The van der Waals surface area contributed by atoms with Crippen molar-refractivity contribution in [2.45, 2.75) is 72.4 Å². The number of ether oxygens (including phenoxy) is 1. The number of hydrogen-bond donors (Lipinski definition) is 4. The molecule has 3 aromatic carbocycles. The van der Waals surface area contributed by atoms with Gasteiger partial charge in [-0.25, -0.2) is 5.48 Å². The Kier molecular flexibility index (Phi) is 11.7. The first-order valence-electron chi connectivity index (χ1n) is 14.4. The van der Waals surface area contributed by atoms with Gasteiger partial charge in [-0.3, -0.25) is 19.6 Å². The van der Waals surface area contributed by atoms with Crippen molar-refractivity contribution in [2.75, 3.05) is 0 Å². The highest BCUT2D eigenvalue weighted by atomic mass is 16.5. The summed E-state index contributed by atoms with van der Waals surface area (Å²) in [7, 11) is 0. The van der Waals surface area contributed by atoms with Crippen LogP contribution in [0.2, 0.25) is 0 Å². The molecule has 0 saturated carbocycles. The molecule has 8 nitrogen and oxygen atoms in total. The molecule has 0 saturated heterocycles. The predicted molar refractivity (Wildman–Crippen MR) is 163 cm³/mol. The first kappa shape index (κ1) is 32.3. The maximum Gasteiger partial charge on any atom is 0.244 e. The zero-order chi connectivity index (χ0) is 30.7. The van der Waals surface area contributed by atoms with Gasteiger partial charge in [0.15, 0.2) is 0 Å². The maximum absolute atomic E-state index is 13.5. The van der Waals surface area contributed by atoms with Crippen LogP contribution >= 0.6 is 0 Å². The second-order valence-electron chi connectivity index (χ2n) is 11.8. The van der Waals surface area contributed by atoms with Crippen LogP contribution in [0.25, 0.3) is 0 Å². The molecule has 3 atom stereocenters. The van der Waals surface area contributed by atoms with E-state index in [9.17, 15) is 14.4 Å². The van der Waals surface area contributed by atoms with Gasteiger partial charge in [0.1, 0.15) is 17.5 Å². The Labute approximate surface area is 248 Å². The minimum atomic E-state index is -0.823. The van der Waals surface area contributed by atoms with E-state index in [0.29, 0.717) is 19.3 Å². The number of hydrogen-bond acceptors (Lipinski definition) is 5. The second-order valence-corrected chi connectivity index (χ2v) is 11.8. The predicted octanol–water partition coefficient (Wildman–Crippen LogP) is 6.03. The number of amides is 3. The van der Waals surface area contributed by atoms with E-state index >= 15 is 0 Å². The zero-order valence-corrected chi connectivity index (χ0v) is 25.1. The van der Waals surface area contributed by atoms with E-state index in [4.69, 9.17) is 9.94 Å². The normalized spacial score (nSPS) is 13.4. The van der Waals surface area contributed by atoms with Gasteiger partial charge in [0.05, 0.1) is 6.04 Å². The van der Waals surface area contributed by atoms with E-state index in [0.717, 1.165) is 28.2 Å². The molecule has 4 N–H and O–H groups in total. The molecule has 3 aromatic rings. The van der Waals surface area contributed by atoms with Crippen LogP contribution in [0.5, 0.6) is 11.5 Å². The van der Waals surface area contributed by atoms with E-state index in [-0.39, 0.29) is 18.4 Å². The third-order valence-corrected chi connectivity index (χ3v) is 7.23. The number of para-hydroxylation sites is 1. The van der Waals surface area contributed by atoms with E-state index in [1.54, 1.807) is 5.48 Å². The molecule has 3 amide bonds. The summed E-state index contributed by atoms with van der Waals surface area (Å²) < 4.78 is 5.97. The lowest BCUT2D eigenvalue weighted by Gasteiger charge is -2.32. The highest BCUT2D eigenvalue weighted by molar-refractivity contribution is 5.91. The van der Waals surface area contributed by atoms with Gasteiger partial charge in [0, 0.05) is 12.3 Å². The molecule has 0 aromatic heterocycles. The molecule has 0 bridgehead atoms. The van der Waals surface area contributed by atoms with Gasteiger partial charge in [-0.15, -0.1) is 0 Å². The van der Waals surface area contributed by atoms with Crippen LogP contribution in [-0.4, -0.2) is 29.0 Å². The Balaban J connectivity index is 1.64. The Bertz CT molecular complexity index is 1320. The fraction of sp³-hybridized carbons (Fsp3) is 0.382. The van der Waals surface area contributed by atoms with Crippen LogP contribution in [0.1, 0.15) is 69.7 Å². The largest absolute Gasteiger partial charge is 0.457 e. The average Bonchev–Trinajstić information content (AvgIpc) is 2.96. The first-order chi connectivity index (χ1) is 20.0. The molecule has 0 unspecified atom stereocenters. The molecule has 0 radical (unpaired) electrons. The van der Waals surface area contributed by atoms with Crippen LogP contribution in [0, 0.1) is 18.3 Å². The van der Waals surface area contributed by atoms with Gasteiger partial charge >= 0.3 is 0 Å². The molecule has 8 heteroatoms. The van der Waals surface area contributed by atoms with Crippen molar-refractivity contribution in [3.05, 3.63) is 95.6 Å². The van der Waals surface area contributed by atoms with Crippen molar-refractivity contribution in [3.8, 4) is 11.5 Å². The first-order valence-corrected chi connectivity index (χ1v) is 14.4. The highest BCUT2D eigenvalue weighted by Gasteiger charge is 2.35. The minimum absolute atomic E-state index is 0.190. The van der Waals surface area contributed by atoms with Crippen LogP contribution in [-0.2, 0) is 20.8 Å². The molecule has 3 rings (SSSR count). The monoisotopic (exact) mass is 573 g/mol. The Morgan fingerprint density at radius 3 is 2.12 bits per heavy atom. The van der Waals surface area contributed by atoms with Crippen LogP contribution in [0.4, 0.5) is 0 Å². The number of rotatable bonds is 13. The standard InChI is InChI=1S/C34H43N3O5/c1-23-21-25(19-20-29(23)42-28-17-10-7-11-18-28)13-12-16-27(22-30(38)37-41)32(39)36-31(34(3,4)5)33(40)35-24(2)26-14-8-6-9-15-26/h6-11,14-15,17-21,24,27,31,41H,12-13,16,22H2,1-5H3,(H,35,40)(H,36,39)(H,37,38)/t24-,27-,31-/m1/s1. The molecule has 42 heavy (non-hydrogen) atoms. The molecule has 0 aliphatic carbocycles. The van der Waals surface area contributed by atoms with Gasteiger partial charge in [0.25, 0.3) is 0 Å². The summed E-state index contributed by atoms with van der Waals surface area (Å²) in [6, 6.07) is 24.1. The van der Waals surface area contributed by atoms with Crippen molar-refractivity contribution in [2.24, 2.45) is 11.3 Å². The lowest BCUT2D eigenvalue weighted by molar-refractivity contribution is -0.137. The number of hydroxylamine groups is 1. The molecule has 0 fully saturated rings. The van der Waals surface area contributed by atoms with Crippen molar-refractivity contribution in [3.63, 3.8) is 0 Å². The van der Waals surface area contributed by atoms with Crippen LogP contribution < -0.4 is 20.9 Å². The quantitative estimate of drug-likeness (QED) is 0.147. The zero-order valence-electron chi connectivity index (χ0n) is 25.1. The molecule has 224 valence electrons. The lowest BCUT2D eigenvalue weighted by atomic mass is 9.85. The van der Waals surface area contributed by atoms with Crippen molar-refractivity contribution in [1.82, 2.24) is 16.1 Å². The molecule has 0 aliphatic heterocycles. The summed E-state index contributed by atoms with van der Waals surface area (Å²) in [6.07, 6.45) is 1.53. The van der Waals surface area contributed by atoms with Crippen molar-refractivity contribution < 1.29 is 24.3 Å². The van der Waals surface area contributed by atoms with E-state index < -0.39 is 29.2 Å². The van der Waals surface area contributed by atoms with E-state index in [1.165, 1.54) is 0 Å². The van der Waals surface area contributed by atoms with Gasteiger partial charge in [-0.1, -0.05) is 81.4 Å². The summed E-state index contributed by atoms with van der Waals surface area (Å²) in [5.74, 6) is -0.531. The summed E-state index contributed by atoms with van der Waals surface area (Å²) in [4.78, 5) is 38.9. The van der Waals surface area contributed by atoms with Gasteiger partial charge in [-0.2, -0.15) is 0 Å². The third kappa shape index (κ3) is 9.73. The SMILES string of the molecule is Cc1cc(CCC[C@H](CC(=O)NO)C(=O)N[C@H](C(=O)N[C@H](C)c2ccccc2)C(C)(C)C)ccc1Oc1ccccc1. The van der Waals surface area contributed by atoms with Gasteiger partial charge in [-0.05, 0) is 73.4 Å². The topological polar surface area (TPSA) is 117 Å².